The molecule has 28 heavy (non-hydrogen) atoms. The van der Waals surface area contributed by atoms with Crippen LogP contribution in [0.15, 0.2) is 78.9 Å². The summed E-state index contributed by atoms with van der Waals surface area (Å²) >= 11 is 0. The predicted octanol–water partition coefficient (Wildman–Crippen LogP) is 4.53. The van der Waals surface area contributed by atoms with Crippen molar-refractivity contribution in [2.24, 2.45) is 0 Å². The molecular formula is C23H19F2N2P. The van der Waals surface area contributed by atoms with Gasteiger partial charge in [0.2, 0.25) is 0 Å². The van der Waals surface area contributed by atoms with Gasteiger partial charge in [-0.05, 0) is 36.6 Å². The maximum atomic E-state index is 14.7. The highest BCUT2D eigenvalue weighted by molar-refractivity contribution is 7.79. The lowest BCUT2D eigenvalue weighted by Crippen LogP contribution is -2.28. The summed E-state index contributed by atoms with van der Waals surface area (Å²) in [7, 11) is -1.05. The van der Waals surface area contributed by atoms with Crippen molar-refractivity contribution in [3.8, 4) is 5.69 Å². The van der Waals surface area contributed by atoms with Gasteiger partial charge >= 0.3 is 0 Å². The zero-order chi connectivity index (χ0) is 19.7. The molecule has 5 heteroatoms. The Balaban J connectivity index is 2.01. The monoisotopic (exact) mass is 392 g/mol. The number of aryl methyl sites for hydroxylation is 1. The number of halogens is 2. The van der Waals surface area contributed by atoms with Crippen LogP contribution < -0.4 is 16.2 Å². The predicted molar refractivity (Wildman–Crippen MR) is 112 cm³/mol. The molecule has 2 nitrogen and oxygen atoms in total. The van der Waals surface area contributed by atoms with Crippen molar-refractivity contribution in [1.82, 2.24) is 9.55 Å². The van der Waals surface area contributed by atoms with E-state index in [2.05, 4.69) is 24.3 Å². The number of benzene rings is 3. The van der Waals surface area contributed by atoms with Crippen LogP contribution >= 0.6 is 7.92 Å². The van der Waals surface area contributed by atoms with Gasteiger partial charge in [0.05, 0.1) is 11.4 Å². The fourth-order valence-electron chi connectivity index (χ4n) is 3.22. The molecule has 0 fully saturated rings. The van der Waals surface area contributed by atoms with Crippen LogP contribution in [0.1, 0.15) is 11.4 Å². The van der Waals surface area contributed by atoms with Crippen molar-refractivity contribution >= 4 is 24.1 Å². The second kappa shape index (κ2) is 7.65. The summed E-state index contributed by atoms with van der Waals surface area (Å²) in [6.07, 6.45) is 0. The third-order valence-corrected chi connectivity index (χ3v) is 7.03. The molecule has 0 spiro atoms. The number of rotatable bonds is 4. The van der Waals surface area contributed by atoms with Gasteiger partial charge in [-0.15, -0.1) is 0 Å². The van der Waals surface area contributed by atoms with Crippen LogP contribution in [0.3, 0.4) is 0 Å². The Bertz CT molecular complexity index is 1070. The summed E-state index contributed by atoms with van der Waals surface area (Å²) in [6, 6.07) is 23.7. The second-order valence-electron chi connectivity index (χ2n) is 6.52. The van der Waals surface area contributed by atoms with Crippen LogP contribution in [0.25, 0.3) is 5.69 Å². The Morgan fingerprint density at radius 2 is 1.36 bits per heavy atom. The van der Waals surface area contributed by atoms with Crippen LogP contribution in [0.4, 0.5) is 8.78 Å². The molecule has 0 radical (unpaired) electrons. The van der Waals surface area contributed by atoms with Crippen molar-refractivity contribution in [3.63, 3.8) is 0 Å². The molecule has 1 heterocycles. The SMILES string of the molecule is Cc1nc(P(c2ccccc2)c2ccccc2)n(-c2cc(F)ccc2F)c1C. The lowest BCUT2D eigenvalue weighted by Gasteiger charge is -2.20. The van der Waals surface area contributed by atoms with E-state index in [9.17, 15) is 8.78 Å². The summed E-state index contributed by atoms with van der Waals surface area (Å²) in [6.45, 7) is 3.79. The molecular weight excluding hydrogens is 373 g/mol. The van der Waals surface area contributed by atoms with E-state index >= 15 is 0 Å². The number of imidazole rings is 1. The van der Waals surface area contributed by atoms with E-state index in [0.29, 0.717) is 0 Å². The van der Waals surface area contributed by atoms with E-state index in [1.807, 2.05) is 50.2 Å². The Morgan fingerprint density at radius 3 is 1.93 bits per heavy atom. The molecule has 4 rings (SSSR count). The third-order valence-electron chi connectivity index (χ3n) is 4.70. The maximum Gasteiger partial charge on any atom is 0.147 e. The molecule has 3 aromatic carbocycles. The molecule has 140 valence electrons. The van der Waals surface area contributed by atoms with E-state index in [1.165, 1.54) is 6.07 Å². The summed E-state index contributed by atoms with van der Waals surface area (Å²) < 4.78 is 30.4. The minimum Gasteiger partial charge on any atom is -0.293 e. The molecule has 0 amide bonds. The van der Waals surface area contributed by atoms with Crippen LogP contribution in [-0.4, -0.2) is 9.55 Å². The van der Waals surface area contributed by atoms with Gasteiger partial charge in [-0.3, -0.25) is 4.57 Å². The summed E-state index contributed by atoms with van der Waals surface area (Å²) in [5.41, 5.74) is 2.52. The molecule has 1 aromatic heterocycles. The van der Waals surface area contributed by atoms with Gasteiger partial charge in [0.15, 0.2) is 0 Å². The Labute approximate surface area is 164 Å². The lowest BCUT2D eigenvalue weighted by molar-refractivity contribution is 0.592. The van der Waals surface area contributed by atoms with Gasteiger partial charge in [-0.1, -0.05) is 60.7 Å². The molecule has 0 atom stereocenters. The highest BCUT2D eigenvalue weighted by atomic mass is 31.1. The van der Waals surface area contributed by atoms with Crippen LogP contribution in [0.2, 0.25) is 0 Å². The van der Waals surface area contributed by atoms with Gasteiger partial charge < -0.3 is 0 Å². The Kier molecular flexibility index (Phi) is 5.06. The number of aromatic nitrogens is 2. The number of hydrogen-bond donors (Lipinski definition) is 0. The van der Waals surface area contributed by atoms with E-state index in [1.54, 1.807) is 4.57 Å². The molecule has 0 N–H and O–H groups in total. The Hall–Kier alpha value is -2.84. The molecule has 0 saturated heterocycles. The first-order valence-electron chi connectivity index (χ1n) is 8.98. The quantitative estimate of drug-likeness (QED) is 0.467. The Morgan fingerprint density at radius 1 is 0.786 bits per heavy atom. The maximum absolute atomic E-state index is 14.7. The van der Waals surface area contributed by atoms with E-state index in [-0.39, 0.29) is 5.69 Å². The number of hydrogen-bond acceptors (Lipinski definition) is 1. The molecule has 0 bridgehead atoms. The average molecular weight is 392 g/mol. The first-order valence-corrected chi connectivity index (χ1v) is 10.3. The van der Waals surface area contributed by atoms with Gasteiger partial charge in [0, 0.05) is 19.7 Å². The van der Waals surface area contributed by atoms with E-state index in [4.69, 9.17) is 4.98 Å². The van der Waals surface area contributed by atoms with Crippen LogP contribution in [-0.2, 0) is 0 Å². The minimum atomic E-state index is -1.05. The van der Waals surface area contributed by atoms with Crippen molar-refractivity contribution in [2.75, 3.05) is 0 Å². The normalized spacial score (nSPS) is 11.2. The minimum absolute atomic E-state index is 0.187. The van der Waals surface area contributed by atoms with Gasteiger partial charge in [0.1, 0.15) is 17.2 Å². The van der Waals surface area contributed by atoms with Gasteiger partial charge in [-0.2, -0.15) is 0 Å². The largest absolute Gasteiger partial charge is 0.293 e. The first kappa shape index (κ1) is 18.5. The third kappa shape index (κ3) is 3.36. The molecule has 0 aliphatic carbocycles. The highest BCUT2D eigenvalue weighted by Gasteiger charge is 2.26. The van der Waals surface area contributed by atoms with Crippen molar-refractivity contribution in [3.05, 3.63) is 102 Å². The first-order chi connectivity index (χ1) is 13.6. The molecule has 0 aliphatic heterocycles. The van der Waals surface area contributed by atoms with Crippen LogP contribution in [0.5, 0.6) is 0 Å². The average Bonchev–Trinajstić information content (AvgIpc) is 3.00. The fourth-order valence-corrected chi connectivity index (χ4v) is 5.63. The molecule has 4 aromatic rings. The zero-order valence-corrected chi connectivity index (χ0v) is 16.5. The van der Waals surface area contributed by atoms with Gasteiger partial charge in [0.25, 0.3) is 0 Å². The number of nitrogens with zero attached hydrogens (tertiary/aromatic N) is 2. The highest BCUT2D eigenvalue weighted by Crippen LogP contribution is 2.34. The lowest BCUT2D eigenvalue weighted by atomic mass is 10.2. The smallest absolute Gasteiger partial charge is 0.147 e. The van der Waals surface area contributed by atoms with E-state index in [0.717, 1.165) is 39.7 Å². The van der Waals surface area contributed by atoms with Crippen molar-refractivity contribution in [2.45, 2.75) is 13.8 Å². The standard InChI is InChI=1S/C23H19F2N2P/c1-16-17(2)27(22-15-18(24)13-14-21(22)25)23(26-16)28(19-9-5-3-6-10-19)20-11-7-4-8-12-20/h3-15H,1-2H3. The molecule has 0 saturated carbocycles. The van der Waals surface area contributed by atoms with Crippen LogP contribution in [0, 0.1) is 25.5 Å². The van der Waals surface area contributed by atoms with Crippen molar-refractivity contribution in [1.29, 1.82) is 0 Å². The summed E-state index contributed by atoms with van der Waals surface area (Å²) in [5, 5.41) is 2.21. The molecule has 0 unspecified atom stereocenters. The topological polar surface area (TPSA) is 17.8 Å². The summed E-state index contributed by atoms with van der Waals surface area (Å²) in [4.78, 5) is 4.81. The molecule has 0 aliphatic rings. The van der Waals surface area contributed by atoms with E-state index < -0.39 is 19.6 Å². The summed E-state index contributed by atoms with van der Waals surface area (Å²) in [5.74, 6) is -0.948. The van der Waals surface area contributed by atoms with Gasteiger partial charge in [-0.25, -0.2) is 13.8 Å². The zero-order valence-electron chi connectivity index (χ0n) is 15.6. The fraction of sp³-hybridized carbons (Fsp3) is 0.0870. The van der Waals surface area contributed by atoms with Crippen molar-refractivity contribution < 1.29 is 8.78 Å². The second-order valence-corrected chi connectivity index (χ2v) is 8.62.